The van der Waals surface area contributed by atoms with Crippen LogP contribution in [0.4, 0.5) is 0 Å². The van der Waals surface area contributed by atoms with E-state index in [2.05, 4.69) is 11.6 Å². The van der Waals surface area contributed by atoms with Gasteiger partial charge in [-0.3, -0.25) is 0 Å². The zero-order valence-electron chi connectivity index (χ0n) is 11.2. The maximum absolute atomic E-state index is 12.3. The van der Waals surface area contributed by atoms with E-state index in [4.69, 9.17) is 10.5 Å². The Kier molecular flexibility index (Phi) is 4.13. The largest absolute Gasteiger partial charge is 0.495 e. The third kappa shape index (κ3) is 3.08. The summed E-state index contributed by atoms with van der Waals surface area (Å²) in [5.74, 6) is 0.928. The zero-order valence-corrected chi connectivity index (χ0v) is 12.0. The van der Waals surface area contributed by atoms with Crippen LogP contribution in [0.25, 0.3) is 0 Å². The highest BCUT2D eigenvalue weighted by Gasteiger charge is 2.31. The fourth-order valence-corrected chi connectivity index (χ4v) is 3.76. The van der Waals surface area contributed by atoms with Gasteiger partial charge in [0.1, 0.15) is 10.6 Å². The number of nitrogens with two attached hydrogens (primary N) is 1. The van der Waals surface area contributed by atoms with Crippen LogP contribution < -0.4 is 15.2 Å². The van der Waals surface area contributed by atoms with Gasteiger partial charge in [-0.2, -0.15) is 0 Å². The summed E-state index contributed by atoms with van der Waals surface area (Å²) in [5.41, 5.74) is 6.38. The lowest BCUT2D eigenvalue weighted by atomic mass is 9.83. The molecule has 0 bridgehead atoms. The van der Waals surface area contributed by atoms with Crippen molar-refractivity contribution in [2.45, 2.75) is 37.2 Å². The van der Waals surface area contributed by atoms with Gasteiger partial charge in [-0.25, -0.2) is 13.1 Å². The number of benzene rings is 1. The van der Waals surface area contributed by atoms with E-state index < -0.39 is 10.0 Å². The van der Waals surface area contributed by atoms with Crippen molar-refractivity contribution in [3.05, 3.63) is 23.8 Å². The van der Waals surface area contributed by atoms with Crippen LogP contribution in [0.1, 0.15) is 25.3 Å². The molecule has 2 rings (SSSR count). The smallest absolute Gasteiger partial charge is 0.244 e. The molecule has 0 radical (unpaired) electrons. The lowest BCUT2D eigenvalue weighted by Crippen LogP contribution is -2.43. The Bertz CT molecular complexity index is 551. The molecule has 0 aromatic heterocycles. The van der Waals surface area contributed by atoms with Crippen molar-refractivity contribution < 1.29 is 13.2 Å². The van der Waals surface area contributed by atoms with E-state index in [1.54, 1.807) is 18.2 Å². The molecular formula is C13H20N2O3S. The minimum Gasteiger partial charge on any atom is -0.495 e. The number of hydrogen-bond acceptors (Lipinski definition) is 4. The van der Waals surface area contributed by atoms with Crippen molar-refractivity contribution in [3.8, 4) is 5.75 Å². The molecule has 0 saturated heterocycles. The summed E-state index contributed by atoms with van der Waals surface area (Å²) in [5, 5.41) is 0. The maximum atomic E-state index is 12.3. The highest BCUT2D eigenvalue weighted by molar-refractivity contribution is 7.89. The first-order valence-corrected chi connectivity index (χ1v) is 7.84. The van der Waals surface area contributed by atoms with Crippen molar-refractivity contribution in [1.29, 1.82) is 0 Å². The molecule has 1 fully saturated rings. The highest BCUT2D eigenvalue weighted by Crippen LogP contribution is 2.30. The third-order valence-corrected chi connectivity index (χ3v) is 5.01. The molecule has 0 amide bonds. The molecule has 19 heavy (non-hydrogen) atoms. The lowest BCUT2D eigenvalue weighted by Gasteiger charge is -2.33. The van der Waals surface area contributed by atoms with Crippen LogP contribution in [0.5, 0.6) is 5.75 Å². The van der Waals surface area contributed by atoms with E-state index >= 15 is 0 Å². The molecule has 5 nitrogen and oxygen atoms in total. The zero-order chi connectivity index (χ0) is 14.0. The average molecular weight is 284 g/mol. The summed E-state index contributed by atoms with van der Waals surface area (Å²) in [4.78, 5) is 0.173. The van der Waals surface area contributed by atoms with Gasteiger partial charge in [-0.15, -0.1) is 0 Å². The molecule has 1 aliphatic rings. The first-order chi connectivity index (χ1) is 8.96. The van der Waals surface area contributed by atoms with Gasteiger partial charge in [-0.05, 0) is 36.5 Å². The molecular weight excluding hydrogens is 264 g/mol. The normalized spacial score (nSPS) is 22.9. The van der Waals surface area contributed by atoms with Crippen LogP contribution >= 0.6 is 0 Å². The predicted molar refractivity (Wildman–Crippen MR) is 73.4 cm³/mol. The molecule has 0 atom stereocenters. The van der Waals surface area contributed by atoms with Gasteiger partial charge in [0, 0.05) is 12.6 Å². The molecule has 1 aliphatic carbocycles. The summed E-state index contributed by atoms with van der Waals surface area (Å²) in [6, 6.07) is 4.96. The summed E-state index contributed by atoms with van der Waals surface area (Å²) in [7, 11) is -2.07. The third-order valence-electron chi connectivity index (χ3n) is 3.45. The Balaban J connectivity index is 2.24. The number of methoxy groups -OCH3 is 1. The van der Waals surface area contributed by atoms with E-state index in [0.29, 0.717) is 18.2 Å². The fraction of sp³-hybridized carbons (Fsp3) is 0.538. The van der Waals surface area contributed by atoms with Crippen LogP contribution in [-0.4, -0.2) is 21.6 Å². The Hall–Kier alpha value is -1.11. The van der Waals surface area contributed by atoms with Gasteiger partial charge in [0.25, 0.3) is 0 Å². The van der Waals surface area contributed by atoms with Gasteiger partial charge in [0.15, 0.2) is 0 Å². The molecule has 106 valence electrons. The van der Waals surface area contributed by atoms with Gasteiger partial charge in [0.05, 0.1) is 7.11 Å². The number of nitrogens with one attached hydrogen (secondary N) is 1. The van der Waals surface area contributed by atoms with Crippen molar-refractivity contribution in [1.82, 2.24) is 4.72 Å². The summed E-state index contributed by atoms with van der Waals surface area (Å²) in [6.07, 6.45) is 1.78. The molecule has 0 spiro atoms. The molecule has 1 saturated carbocycles. The van der Waals surface area contributed by atoms with E-state index in [0.717, 1.165) is 18.4 Å². The molecule has 1 aromatic carbocycles. The van der Waals surface area contributed by atoms with Gasteiger partial charge >= 0.3 is 0 Å². The van der Waals surface area contributed by atoms with Crippen LogP contribution in [-0.2, 0) is 16.6 Å². The van der Waals surface area contributed by atoms with Crippen molar-refractivity contribution in [3.63, 3.8) is 0 Å². The number of rotatable bonds is 5. The predicted octanol–water partition coefficient (Wildman–Crippen LogP) is 1.23. The molecule has 1 aromatic rings. The lowest BCUT2D eigenvalue weighted by molar-refractivity contribution is 0.270. The highest BCUT2D eigenvalue weighted by atomic mass is 32.2. The standard InChI is InChI=1S/C13H20N2O3S/c1-9-5-11(6-9)15-19(16,17)13-4-3-10(8-14)7-12(13)18-2/h3-4,7,9,11,15H,5-6,8,14H2,1-2H3. The summed E-state index contributed by atoms with van der Waals surface area (Å²) >= 11 is 0. The van der Waals surface area contributed by atoms with Crippen LogP contribution in [0, 0.1) is 5.92 Å². The van der Waals surface area contributed by atoms with Crippen LogP contribution in [0.15, 0.2) is 23.1 Å². The van der Waals surface area contributed by atoms with Crippen molar-refractivity contribution >= 4 is 10.0 Å². The van der Waals surface area contributed by atoms with Crippen molar-refractivity contribution in [2.75, 3.05) is 7.11 Å². The number of sulfonamides is 1. The van der Waals surface area contributed by atoms with Crippen LogP contribution in [0.3, 0.4) is 0 Å². The van der Waals surface area contributed by atoms with E-state index in [9.17, 15) is 8.42 Å². The Morgan fingerprint density at radius 2 is 2.11 bits per heavy atom. The SMILES string of the molecule is COc1cc(CN)ccc1S(=O)(=O)NC1CC(C)C1. The number of hydrogen-bond donors (Lipinski definition) is 2. The Morgan fingerprint density at radius 1 is 1.42 bits per heavy atom. The van der Waals surface area contributed by atoms with E-state index in [-0.39, 0.29) is 10.9 Å². The Morgan fingerprint density at radius 3 is 2.63 bits per heavy atom. The maximum Gasteiger partial charge on any atom is 0.244 e. The van der Waals surface area contributed by atoms with E-state index in [1.807, 2.05) is 0 Å². The first-order valence-electron chi connectivity index (χ1n) is 6.35. The monoisotopic (exact) mass is 284 g/mol. The molecule has 6 heteroatoms. The van der Waals surface area contributed by atoms with Gasteiger partial charge in [-0.1, -0.05) is 13.0 Å². The van der Waals surface area contributed by atoms with E-state index in [1.165, 1.54) is 7.11 Å². The van der Waals surface area contributed by atoms with Crippen molar-refractivity contribution in [2.24, 2.45) is 11.7 Å². The molecule has 0 heterocycles. The Labute approximate surface area is 114 Å². The second kappa shape index (κ2) is 5.48. The number of ether oxygens (including phenoxy) is 1. The van der Waals surface area contributed by atoms with Gasteiger partial charge < -0.3 is 10.5 Å². The summed E-state index contributed by atoms with van der Waals surface area (Å²) < 4.78 is 32.5. The average Bonchev–Trinajstić information content (AvgIpc) is 2.35. The molecule has 0 aliphatic heterocycles. The van der Waals surface area contributed by atoms with Crippen LogP contribution in [0.2, 0.25) is 0 Å². The first kappa shape index (κ1) is 14.3. The second-order valence-electron chi connectivity index (χ2n) is 5.08. The molecule has 3 N–H and O–H groups in total. The minimum atomic E-state index is -3.53. The van der Waals surface area contributed by atoms with Gasteiger partial charge in [0.2, 0.25) is 10.0 Å². The summed E-state index contributed by atoms with van der Waals surface area (Å²) in [6.45, 7) is 2.46. The fourth-order valence-electron chi connectivity index (χ4n) is 2.34. The second-order valence-corrected chi connectivity index (χ2v) is 6.77. The minimum absolute atomic E-state index is 0.0406. The molecule has 0 unspecified atom stereocenters. The topological polar surface area (TPSA) is 81.4 Å². The quantitative estimate of drug-likeness (QED) is 0.852.